The highest BCUT2D eigenvalue weighted by Gasteiger charge is 2.18. The maximum atomic E-state index is 9.70. The Morgan fingerprint density at radius 1 is 1.38 bits per heavy atom. The molecule has 2 atom stereocenters. The largest absolute Gasteiger partial charge is 0.392 e. The lowest BCUT2D eigenvalue weighted by Gasteiger charge is -2.30. The molecule has 1 unspecified atom stereocenters. The van der Waals surface area contributed by atoms with Crippen LogP contribution in [0.25, 0.3) is 0 Å². The van der Waals surface area contributed by atoms with E-state index in [-0.39, 0.29) is 6.10 Å². The molecule has 1 N–H and O–H groups in total. The summed E-state index contributed by atoms with van der Waals surface area (Å²) >= 11 is 0. The number of hydrogen-bond donors (Lipinski definition) is 1. The van der Waals surface area contributed by atoms with Crippen molar-refractivity contribution >= 4 is 0 Å². The topological polar surface area (TPSA) is 32.7 Å². The minimum Gasteiger partial charge on any atom is -0.392 e. The van der Waals surface area contributed by atoms with Gasteiger partial charge in [-0.05, 0) is 38.6 Å². The van der Waals surface area contributed by atoms with Gasteiger partial charge >= 0.3 is 0 Å². The highest BCUT2D eigenvalue weighted by molar-refractivity contribution is 4.71. The summed E-state index contributed by atoms with van der Waals surface area (Å²) < 4.78 is 5.75. The molecule has 0 aliphatic carbocycles. The van der Waals surface area contributed by atoms with Crippen molar-refractivity contribution in [3.8, 4) is 0 Å². The highest BCUT2D eigenvalue weighted by Crippen LogP contribution is 2.14. The summed E-state index contributed by atoms with van der Waals surface area (Å²) in [5.41, 5.74) is 0. The fraction of sp³-hybridized carbons (Fsp3) is 1.00. The molecule has 1 saturated heterocycles. The lowest BCUT2D eigenvalue weighted by Crippen LogP contribution is -2.40. The molecule has 0 saturated carbocycles. The zero-order valence-electron chi connectivity index (χ0n) is 10.8. The Morgan fingerprint density at radius 3 is 2.75 bits per heavy atom. The minimum absolute atomic E-state index is 0.185. The third kappa shape index (κ3) is 5.28. The van der Waals surface area contributed by atoms with Crippen LogP contribution < -0.4 is 0 Å². The number of hydrogen-bond acceptors (Lipinski definition) is 3. The lowest BCUT2D eigenvalue weighted by molar-refractivity contribution is -0.0134. The van der Waals surface area contributed by atoms with E-state index in [1.165, 1.54) is 19.3 Å². The van der Waals surface area contributed by atoms with E-state index in [1.54, 1.807) is 0 Å². The molecule has 1 aliphatic rings. The number of nitrogens with zero attached hydrogens (tertiary/aromatic N) is 1. The number of ether oxygens (including phenoxy) is 1. The van der Waals surface area contributed by atoms with Gasteiger partial charge in [0.25, 0.3) is 0 Å². The maximum Gasteiger partial charge on any atom is 0.0702 e. The lowest BCUT2D eigenvalue weighted by atomic mass is 10.1. The SMILES string of the molecule is CCCN(CC1CCCCO1)C[C@H](O)CC. The van der Waals surface area contributed by atoms with E-state index in [0.717, 1.165) is 39.1 Å². The fourth-order valence-electron chi connectivity index (χ4n) is 2.24. The van der Waals surface area contributed by atoms with Gasteiger partial charge in [-0.15, -0.1) is 0 Å². The quantitative estimate of drug-likeness (QED) is 0.725. The summed E-state index contributed by atoms with van der Waals surface area (Å²) in [4.78, 5) is 2.35. The van der Waals surface area contributed by atoms with Crippen LogP contribution in [0, 0.1) is 0 Å². The molecule has 0 spiro atoms. The fourth-order valence-corrected chi connectivity index (χ4v) is 2.24. The molecule has 0 aromatic heterocycles. The van der Waals surface area contributed by atoms with Crippen molar-refractivity contribution in [2.45, 2.75) is 58.2 Å². The maximum absolute atomic E-state index is 9.70. The van der Waals surface area contributed by atoms with Crippen LogP contribution in [-0.2, 0) is 4.74 Å². The van der Waals surface area contributed by atoms with Gasteiger partial charge in [0.15, 0.2) is 0 Å². The smallest absolute Gasteiger partial charge is 0.0702 e. The van der Waals surface area contributed by atoms with Crippen molar-refractivity contribution in [2.24, 2.45) is 0 Å². The van der Waals surface area contributed by atoms with E-state index >= 15 is 0 Å². The zero-order valence-corrected chi connectivity index (χ0v) is 10.8. The Morgan fingerprint density at radius 2 is 2.19 bits per heavy atom. The molecule has 16 heavy (non-hydrogen) atoms. The molecule has 3 nitrogen and oxygen atoms in total. The van der Waals surface area contributed by atoms with E-state index in [4.69, 9.17) is 4.74 Å². The Balaban J connectivity index is 2.30. The van der Waals surface area contributed by atoms with Crippen LogP contribution in [0.15, 0.2) is 0 Å². The summed E-state index contributed by atoms with van der Waals surface area (Å²) in [6.45, 7) is 7.99. The molecule has 3 heteroatoms. The second-order valence-electron chi connectivity index (χ2n) is 4.81. The van der Waals surface area contributed by atoms with E-state index in [1.807, 2.05) is 6.92 Å². The number of aliphatic hydroxyl groups is 1. The number of aliphatic hydroxyl groups excluding tert-OH is 1. The molecule has 0 radical (unpaired) electrons. The van der Waals surface area contributed by atoms with Gasteiger partial charge in [-0.1, -0.05) is 13.8 Å². The summed E-state index contributed by atoms with van der Waals surface area (Å²) in [6.07, 6.45) is 5.87. The van der Waals surface area contributed by atoms with Crippen molar-refractivity contribution in [1.82, 2.24) is 4.90 Å². The van der Waals surface area contributed by atoms with Crippen LogP contribution in [0.5, 0.6) is 0 Å². The molecular formula is C13H27NO2. The van der Waals surface area contributed by atoms with Crippen molar-refractivity contribution in [3.05, 3.63) is 0 Å². The minimum atomic E-state index is -0.185. The first-order valence-electron chi connectivity index (χ1n) is 6.78. The van der Waals surface area contributed by atoms with Gasteiger partial charge < -0.3 is 9.84 Å². The first-order valence-corrected chi connectivity index (χ1v) is 6.78. The van der Waals surface area contributed by atoms with Crippen molar-refractivity contribution in [1.29, 1.82) is 0 Å². The first kappa shape index (κ1) is 13.9. The number of rotatable bonds is 7. The average molecular weight is 229 g/mol. The van der Waals surface area contributed by atoms with Gasteiger partial charge in [-0.3, -0.25) is 4.90 Å². The van der Waals surface area contributed by atoms with Crippen LogP contribution in [-0.4, -0.2) is 48.5 Å². The molecule has 0 bridgehead atoms. The standard InChI is InChI=1S/C13H27NO2/c1-3-8-14(10-12(15)4-2)11-13-7-5-6-9-16-13/h12-13,15H,3-11H2,1-2H3/t12-,13?/m1/s1. The first-order chi connectivity index (χ1) is 7.76. The predicted molar refractivity (Wildman–Crippen MR) is 66.6 cm³/mol. The van der Waals surface area contributed by atoms with Gasteiger partial charge in [0.1, 0.15) is 0 Å². The molecule has 1 rings (SSSR count). The third-order valence-electron chi connectivity index (χ3n) is 3.22. The highest BCUT2D eigenvalue weighted by atomic mass is 16.5. The van der Waals surface area contributed by atoms with E-state index in [9.17, 15) is 5.11 Å². The predicted octanol–water partition coefficient (Wildman–Crippen LogP) is 2.04. The Hall–Kier alpha value is -0.120. The Labute approximate surface area is 99.8 Å². The second kappa shape index (κ2) is 8.04. The van der Waals surface area contributed by atoms with E-state index in [2.05, 4.69) is 11.8 Å². The Kier molecular flexibility index (Phi) is 7.01. The zero-order chi connectivity index (χ0) is 11.8. The van der Waals surface area contributed by atoms with Crippen LogP contribution >= 0.6 is 0 Å². The third-order valence-corrected chi connectivity index (χ3v) is 3.22. The molecule has 1 aliphatic heterocycles. The molecular weight excluding hydrogens is 202 g/mol. The van der Waals surface area contributed by atoms with Crippen LogP contribution in [0.3, 0.4) is 0 Å². The van der Waals surface area contributed by atoms with Crippen LogP contribution in [0.2, 0.25) is 0 Å². The van der Waals surface area contributed by atoms with Gasteiger partial charge in [0.2, 0.25) is 0 Å². The molecule has 0 aromatic rings. The van der Waals surface area contributed by atoms with Crippen LogP contribution in [0.1, 0.15) is 46.0 Å². The van der Waals surface area contributed by atoms with Crippen molar-refractivity contribution in [2.75, 3.05) is 26.2 Å². The van der Waals surface area contributed by atoms with Gasteiger partial charge in [-0.2, -0.15) is 0 Å². The molecule has 96 valence electrons. The second-order valence-corrected chi connectivity index (χ2v) is 4.81. The molecule has 0 amide bonds. The van der Waals surface area contributed by atoms with Gasteiger partial charge in [0.05, 0.1) is 12.2 Å². The average Bonchev–Trinajstić information content (AvgIpc) is 2.30. The summed E-state index contributed by atoms with van der Waals surface area (Å²) in [5, 5.41) is 9.70. The van der Waals surface area contributed by atoms with E-state index < -0.39 is 0 Å². The normalized spacial score (nSPS) is 23.6. The summed E-state index contributed by atoms with van der Waals surface area (Å²) in [7, 11) is 0. The monoisotopic (exact) mass is 229 g/mol. The van der Waals surface area contributed by atoms with Crippen molar-refractivity contribution < 1.29 is 9.84 Å². The van der Waals surface area contributed by atoms with Crippen molar-refractivity contribution in [3.63, 3.8) is 0 Å². The van der Waals surface area contributed by atoms with Gasteiger partial charge in [-0.25, -0.2) is 0 Å². The van der Waals surface area contributed by atoms with E-state index in [0.29, 0.717) is 6.10 Å². The Bertz CT molecular complexity index is 169. The molecule has 1 heterocycles. The van der Waals surface area contributed by atoms with Crippen LogP contribution in [0.4, 0.5) is 0 Å². The molecule has 1 fully saturated rings. The summed E-state index contributed by atoms with van der Waals surface area (Å²) in [6, 6.07) is 0. The summed E-state index contributed by atoms with van der Waals surface area (Å²) in [5.74, 6) is 0. The van der Waals surface area contributed by atoms with Gasteiger partial charge in [0, 0.05) is 19.7 Å². The molecule has 0 aromatic carbocycles.